The zero-order valence-electron chi connectivity index (χ0n) is 10.7. The van der Waals surface area contributed by atoms with Crippen molar-refractivity contribution in [2.45, 2.75) is 43.1 Å². The lowest BCUT2D eigenvalue weighted by Gasteiger charge is -2.36. The first-order valence-corrected chi connectivity index (χ1v) is 8.50. The van der Waals surface area contributed by atoms with Gasteiger partial charge in [0.25, 0.3) is 0 Å². The molecule has 106 valence electrons. The molecule has 18 heavy (non-hydrogen) atoms. The van der Waals surface area contributed by atoms with Crippen molar-refractivity contribution in [1.29, 1.82) is 0 Å². The van der Waals surface area contributed by atoms with Crippen LogP contribution in [0.25, 0.3) is 0 Å². The first-order chi connectivity index (χ1) is 8.48. The van der Waals surface area contributed by atoms with E-state index >= 15 is 0 Å². The van der Waals surface area contributed by atoms with Gasteiger partial charge in [-0.1, -0.05) is 6.42 Å². The molecule has 4 unspecified atom stereocenters. The van der Waals surface area contributed by atoms with Crippen LogP contribution in [0.5, 0.6) is 0 Å². The van der Waals surface area contributed by atoms with E-state index in [-0.39, 0.29) is 17.3 Å². The predicted molar refractivity (Wildman–Crippen MR) is 67.2 cm³/mol. The van der Waals surface area contributed by atoms with Gasteiger partial charge in [-0.05, 0) is 25.2 Å². The molecule has 0 bridgehead atoms. The Morgan fingerprint density at radius 1 is 1.28 bits per heavy atom. The molecule has 1 aliphatic carbocycles. The van der Waals surface area contributed by atoms with Crippen molar-refractivity contribution in [3.63, 3.8) is 0 Å². The molecule has 6 heteroatoms. The molecule has 1 aliphatic heterocycles. The summed E-state index contributed by atoms with van der Waals surface area (Å²) in [6.45, 7) is 1.48. The molecule has 0 aromatic heterocycles. The van der Waals surface area contributed by atoms with Gasteiger partial charge in [0.15, 0.2) is 0 Å². The molecule has 4 atom stereocenters. The molecule has 0 amide bonds. The number of hydrogen-bond donors (Lipinski definition) is 1. The summed E-state index contributed by atoms with van der Waals surface area (Å²) >= 11 is 0. The maximum Gasteiger partial charge on any atom is 0.150 e. The van der Waals surface area contributed by atoms with E-state index in [0.717, 1.165) is 12.8 Å². The highest BCUT2D eigenvalue weighted by molar-refractivity contribution is 7.91. The van der Waals surface area contributed by atoms with E-state index in [1.165, 1.54) is 6.26 Å². The van der Waals surface area contributed by atoms with Crippen molar-refractivity contribution in [3.8, 4) is 0 Å². The van der Waals surface area contributed by atoms with Crippen LogP contribution in [0, 0.1) is 5.92 Å². The standard InChI is InChI=1S/C12H22O5S/c1-18(14,15)10-4-2-3-9(7-10)12(13)11-8-16-5-6-17-11/h9-13H,2-8H2,1H3. The van der Waals surface area contributed by atoms with Gasteiger partial charge in [-0.15, -0.1) is 0 Å². The predicted octanol–water partition coefficient (Wildman–Crippen LogP) is 0.366. The molecule has 2 aliphatic rings. The molecule has 0 spiro atoms. The molecule has 2 rings (SSSR count). The van der Waals surface area contributed by atoms with Crippen LogP contribution in [0.3, 0.4) is 0 Å². The number of ether oxygens (including phenoxy) is 2. The van der Waals surface area contributed by atoms with Gasteiger partial charge in [-0.2, -0.15) is 0 Å². The van der Waals surface area contributed by atoms with Crippen LogP contribution in [0.15, 0.2) is 0 Å². The van der Waals surface area contributed by atoms with Crippen molar-refractivity contribution >= 4 is 9.84 Å². The first kappa shape index (κ1) is 14.2. The Balaban J connectivity index is 1.95. The highest BCUT2D eigenvalue weighted by Gasteiger charge is 2.36. The Morgan fingerprint density at radius 3 is 2.67 bits per heavy atom. The maximum atomic E-state index is 11.6. The van der Waals surface area contributed by atoms with Gasteiger partial charge in [-0.25, -0.2) is 8.42 Å². The van der Waals surface area contributed by atoms with Crippen molar-refractivity contribution in [1.82, 2.24) is 0 Å². The first-order valence-electron chi connectivity index (χ1n) is 6.55. The average molecular weight is 278 g/mol. The lowest BCUT2D eigenvalue weighted by atomic mass is 9.83. The third-order valence-electron chi connectivity index (χ3n) is 3.98. The van der Waals surface area contributed by atoms with Crippen LogP contribution in [0.1, 0.15) is 25.7 Å². The fraction of sp³-hybridized carbons (Fsp3) is 1.00. The summed E-state index contributed by atoms with van der Waals surface area (Å²) in [5.74, 6) is 0.00479. The molecule has 1 heterocycles. The van der Waals surface area contributed by atoms with Gasteiger partial charge in [0.1, 0.15) is 15.9 Å². The number of aliphatic hydroxyl groups excluding tert-OH is 1. The Kier molecular flexibility index (Phi) is 4.64. The normalized spacial score (nSPS) is 36.2. The van der Waals surface area contributed by atoms with Crippen molar-refractivity contribution in [3.05, 3.63) is 0 Å². The molecule has 1 saturated heterocycles. The molecule has 2 fully saturated rings. The average Bonchev–Trinajstić information content (AvgIpc) is 2.38. The maximum absolute atomic E-state index is 11.6. The van der Waals surface area contributed by atoms with E-state index in [4.69, 9.17) is 9.47 Å². The number of aliphatic hydroxyl groups is 1. The van der Waals surface area contributed by atoms with Gasteiger partial charge >= 0.3 is 0 Å². The lowest BCUT2D eigenvalue weighted by molar-refractivity contribution is -0.146. The third-order valence-corrected chi connectivity index (χ3v) is 5.62. The quantitative estimate of drug-likeness (QED) is 0.807. The minimum absolute atomic E-state index is 0.00479. The van der Waals surface area contributed by atoms with Crippen molar-refractivity contribution in [2.24, 2.45) is 5.92 Å². The Labute approximate surface area is 108 Å². The zero-order chi connectivity index (χ0) is 13.2. The van der Waals surface area contributed by atoms with Crippen LogP contribution in [0.4, 0.5) is 0 Å². The second-order valence-electron chi connectivity index (χ2n) is 5.35. The summed E-state index contributed by atoms with van der Waals surface area (Å²) in [6, 6.07) is 0. The molecule has 0 aromatic carbocycles. The van der Waals surface area contributed by atoms with Crippen LogP contribution in [0.2, 0.25) is 0 Å². The number of hydrogen-bond acceptors (Lipinski definition) is 5. The van der Waals surface area contributed by atoms with Crippen LogP contribution < -0.4 is 0 Å². The highest BCUT2D eigenvalue weighted by Crippen LogP contribution is 2.32. The van der Waals surface area contributed by atoms with E-state index in [2.05, 4.69) is 0 Å². The Bertz CT molecular complexity index is 361. The minimum Gasteiger partial charge on any atom is -0.390 e. The summed E-state index contributed by atoms with van der Waals surface area (Å²) in [5.41, 5.74) is 0. The monoisotopic (exact) mass is 278 g/mol. The molecule has 1 saturated carbocycles. The van der Waals surface area contributed by atoms with Gasteiger partial charge in [0.2, 0.25) is 0 Å². The number of rotatable bonds is 3. The topological polar surface area (TPSA) is 72.8 Å². The highest BCUT2D eigenvalue weighted by atomic mass is 32.2. The van der Waals surface area contributed by atoms with Gasteiger partial charge < -0.3 is 14.6 Å². The summed E-state index contributed by atoms with van der Waals surface area (Å²) in [6.07, 6.45) is 3.34. The van der Waals surface area contributed by atoms with Crippen LogP contribution in [-0.2, 0) is 19.3 Å². The fourth-order valence-electron chi connectivity index (χ4n) is 2.89. The molecule has 0 radical (unpaired) electrons. The summed E-state index contributed by atoms with van der Waals surface area (Å²) in [5, 5.41) is 9.97. The van der Waals surface area contributed by atoms with E-state index < -0.39 is 15.9 Å². The SMILES string of the molecule is CS(=O)(=O)C1CCCC(C(O)C2COCCO2)C1. The molecular weight excluding hydrogens is 256 g/mol. The molecular formula is C12H22O5S. The van der Waals surface area contributed by atoms with E-state index in [1.807, 2.05) is 0 Å². The van der Waals surface area contributed by atoms with Gasteiger partial charge in [0.05, 0.1) is 31.2 Å². The summed E-state index contributed by atoms with van der Waals surface area (Å²) in [4.78, 5) is 0. The second-order valence-corrected chi connectivity index (χ2v) is 7.68. The largest absolute Gasteiger partial charge is 0.390 e. The smallest absolute Gasteiger partial charge is 0.150 e. The summed E-state index contributed by atoms with van der Waals surface area (Å²) in [7, 11) is -3.01. The minimum atomic E-state index is -3.01. The number of sulfone groups is 1. The molecule has 5 nitrogen and oxygen atoms in total. The van der Waals surface area contributed by atoms with Gasteiger partial charge in [0, 0.05) is 6.26 Å². The fourth-order valence-corrected chi connectivity index (χ4v) is 4.08. The molecule has 1 N–H and O–H groups in total. The van der Waals surface area contributed by atoms with E-state index in [1.54, 1.807) is 0 Å². The van der Waals surface area contributed by atoms with Gasteiger partial charge in [-0.3, -0.25) is 0 Å². The lowest BCUT2D eigenvalue weighted by Crippen LogP contribution is -2.45. The van der Waals surface area contributed by atoms with E-state index in [0.29, 0.717) is 32.7 Å². The Hall–Kier alpha value is -0.170. The Morgan fingerprint density at radius 2 is 2.06 bits per heavy atom. The van der Waals surface area contributed by atoms with Crippen LogP contribution >= 0.6 is 0 Å². The molecule has 0 aromatic rings. The van der Waals surface area contributed by atoms with E-state index in [9.17, 15) is 13.5 Å². The summed E-state index contributed by atoms with van der Waals surface area (Å²) < 4.78 is 34.0. The second kappa shape index (κ2) is 5.86. The van der Waals surface area contributed by atoms with Crippen molar-refractivity contribution in [2.75, 3.05) is 26.1 Å². The van der Waals surface area contributed by atoms with Crippen LogP contribution in [-0.4, -0.2) is 57.1 Å². The van der Waals surface area contributed by atoms with Crippen molar-refractivity contribution < 1.29 is 23.0 Å². The zero-order valence-corrected chi connectivity index (χ0v) is 11.6. The third kappa shape index (κ3) is 3.44.